The number of thiocarbonyl (C=S) groups is 1. The molecule has 1 aliphatic rings. The first kappa shape index (κ1) is 20.6. The fourth-order valence-corrected chi connectivity index (χ4v) is 4.28. The lowest BCUT2D eigenvalue weighted by Gasteiger charge is -2.31. The van der Waals surface area contributed by atoms with Gasteiger partial charge < -0.3 is 5.32 Å². The molecule has 7 nitrogen and oxygen atoms in total. The third-order valence-electron chi connectivity index (χ3n) is 4.46. The highest BCUT2D eigenvalue weighted by Crippen LogP contribution is 2.19. The average Bonchev–Trinajstić information content (AvgIpc) is 2.66. The Hall–Kier alpha value is -1.71. The van der Waals surface area contributed by atoms with Gasteiger partial charge in [0.15, 0.2) is 5.11 Å². The van der Waals surface area contributed by atoms with Crippen molar-refractivity contribution in [3.63, 3.8) is 0 Å². The Morgan fingerprint density at radius 3 is 2.65 bits per heavy atom. The lowest BCUT2D eigenvalue weighted by atomic mass is 9.99. The van der Waals surface area contributed by atoms with Gasteiger partial charge in [0.25, 0.3) is 0 Å². The molecule has 2 rings (SSSR count). The van der Waals surface area contributed by atoms with E-state index < -0.39 is 10.0 Å². The number of sulfonamides is 1. The summed E-state index contributed by atoms with van der Waals surface area (Å²) in [5.74, 6) is -0.588. The molecule has 0 saturated carbocycles. The quantitative estimate of drug-likeness (QED) is 0.512. The summed E-state index contributed by atoms with van der Waals surface area (Å²) in [5, 5.41) is 3.40. The maximum atomic E-state index is 12.3. The number of carbonyl (C=O) groups excluding carboxylic acids is 1. The molecule has 144 valence electrons. The van der Waals surface area contributed by atoms with Crippen LogP contribution in [0.5, 0.6) is 0 Å². The number of piperidine rings is 1. The molecule has 0 spiro atoms. The van der Waals surface area contributed by atoms with Crippen LogP contribution in [0.1, 0.15) is 38.3 Å². The molecule has 9 heteroatoms. The first-order valence-electron chi connectivity index (χ1n) is 8.72. The maximum absolute atomic E-state index is 12.3. The molecule has 1 aromatic rings. The van der Waals surface area contributed by atoms with Crippen LogP contribution in [0.3, 0.4) is 0 Å². The van der Waals surface area contributed by atoms with E-state index >= 15 is 0 Å². The number of nitrogens with one attached hydrogen (secondary N) is 3. The lowest BCUT2D eigenvalue weighted by Crippen LogP contribution is -2.52. The summed E-state index contributed by atoms with van der Waals surface area (Å²) in [5.41, 5.74) is 6.36. The fourth-order valence-electron chi connectivity index (χ4n) is 2.87. The highest BCUT2D eigenvalue weighted by atomic mass is 32.2. The molecule has 1 aromatic carbocycles. The van der Waals surface area contributed by atoms with E-state index in [0.29, 0.717) is 24.5 Å². The first-order valence-corrected chi connectivity index (χ1v) is 10.7. The van der Waals surface area contributed by atoms with Crippen LogP contribution in [-0.4, -0.2) is 42.6 Å². The van der Waals surface area contributed by atoms with Gasteiger partial charge in [0.05, 0.1) is 17.7 Å². The minimum Gasteiger partial charge on any atom is -0.355 e. The summed E-state index contributed by atoms with van der Waals surface area (Å²) < 4.78 is 25.4. The van der Waals surface area contributed by atoms with Crippen LogP contribution in [0.4, 0.5) is 0 Å². The summed E-state index contributed by atoms with van der Waals surface area (Å²) in [7, 11) is -3.27. The van der Waals surface area contributed by atoms with Gasteiger partial charge >= 0.3 is 0 Å². The molecule has 3 N–H and O–H groups in total. The Balaban J connectivity index is 1.81. The molecule has 0 aromatic heterocycles. The van der Waals surface area contributed by atoms with E-state index in [1.54, 1.807) is 6.92 Å². The topological polar surface area (TPSA) is 90.5 Å². The van der Waals surface area contributed by atoms with Crippen molar-refractivity contribution in [2.45, 2.75) is 32.7 Å². The van der Waals surface area contributed by atoms with E-state index in [9.17, 15) is 13.2 Å². The molecule has 0 bridgehead atoms. The highest BCUT2D eigenvalue weighted by molar-refractivity contribution is 7.89. The lowest BCUT2D eigenvalue weighted by molar-refractivity contribution is -0.126. The van der Waals surface area contributed by atoms with E-state index in [1.807, 2.05) is 37.3 Å². The molecule has 1 heterocycles. The van der Waals surface area contributed by atoms with Crippen LogP contribution < -0.4 is 16.2 Å². The van der Waals surface area contributed by atoms with Gasteiger partial charge in [-0.25, -0.2) is 12.7 Å². The number of carbonyl (C=O) groups is 1. The summed E-state index contributed by atoms with van der Waals surface area (Å²) >= 11 is 5.21. The summed E-state index contributed by atoms with van der Waals surface area (Å²) in [6.07, 6.45) is 1.33. The molecule has 1 amide bonds. The second-order valence-electron chi connectivity index (χ2n) is 6.32. The smallest absolute Gasteiger partial charge is 0.242 e. The van der Waals surface area contributed by atoms with Crippen molar-refractivity contribution in [2.75, 3.05) is 18.8 Å². The number of nitrogens with zero attached hydrogens (tertiary/aromatic N) is 1. The third kappa shape index (κ3) is 5.65. The molecule has 2 atom stereocenters. The second kappa shape index (κ2) is 9.29. The predicted molar refractivity (Wildman–Crippen MR) is 106 cm³/mol. The SMILES string of the molecule is CCS(=O)(=O)N1CCC[C@H](C(=O)NNC(=S)N[C@H](C)c2ccccc2)C1. The number of hydrogen-bond acceptors (Lipinski definition) is 4. The molecular formula is C17H26N4O3S2. The van der Waals surface area contributed by atoms with Crippen LogP contribution in [0.2, 0.25) is 0 Å². The molecule has 0 radical (unpaired) electrons. The molecule has 1 aliphatic heterocycles. The molecule has 0 unspecified atom stereocenters. The summed E-state index contributed by atoms with van der Waals surface area (Å²) in [6.45, 7) is 4.27. The van der Waals surface area contributed by atoms with Gasteiger partial charge in [0.2, 0.25) is 15.9 Å². The highest BCUT2D eigenvalue weighted by Gasteiger charge is 2.31. The van der Waals surface area contributed by atoms with Gasteiger partial charge in [-0.2, -0.15) is 0 Å². The Morgan fingerprint density at radius 1 is 1.31 bits per heavy atom. The van der Waals surface area contributed by atoms with Crippen molar-refractivity contribution < 1.29 is 13.2 Å². The molecular weight excluding hydrogens is 372 g/mol. The van der Waals surface area contributed by atoms with Crippen molar-refractivity contribution >= 4 is 33.3 Å². The number of rotatable bonds is 5. The van der Waals surface area contributed by atoms with Crippen LogP contribution in [0.25, 0.3) is 0 Å². The zero-order valence-electron chi connectivity index (χ0n) is 15.1. The zero-order chi connectivity index (χ0) is 19.2. The Bertz CT molecular complexity index is 725. The number of benzene rings is 1. The van der Waals surface area contributed by atoms with Gasteiger partial charge in [-0.3, -0.25) is 15.6 Å². The van der Waals surface area contributed by atoms with Crippen LogP contribution in [0.15, 0.2) is 30.3 Å². The van der Waals surface area contributed by atoms with Gasteiger partial charge in [-0.05, 0) is 44.5 Å². The van der Waals surface area contributed by atoms with Gasteiger partial charge in [-0.15, -0.1) is 0 Å². The van der Waals surface area contributed by atoms with E-state index in [0.717, 1.165) is 5.56 Å². The third-order valence-corrected chi connectivity index (χ3v) is 6.53. The van der Waals surface area contributed by atoms with Gasteiger partial charge in [0.1, 0.15) is 0 Å². The largest absolute Gasteiger partial charge is 0.355 e. The summed E-state index contributed by atoms with van der Waals surface area (Å²) in [4.78, 5) is 12.3. The Kier molecular flexibility index (Phi) is 7.36. The van der Waals surface area contributed by atoms with Crippen molar-refractivity contribution in [1.29, 1.82) is 0 Å². The van der Waals surface area contributed by atoms with E-state index in [2.05, 4.69) is 16.2 Å². The van der Waals surface area contributed by atoms with Crippen LogP contribution in [-0.2, 0) is 14.8 Å². The minimum atomic E-state index is -3.27. The zero-order valence-corrected chi connectivity index (χ0v) is 16.7. The molecule has 26 heavy (non-hydrogen) atoms. The van der Waals surface area contributed by atoms with Gasteiger partial charge in [0, 0.05) is 13.1 Å². The monoisotopic (exact) mass is 398 g/mol. The van der Waals surface area contributed by atoms with Crippen molar-refractivity contribution in [3.05, 3.63) is 35.9 Å². The average molecular weight is 399 g/mol. The predicted octanol–water partition coefficient (Wildman–Crippen LogP) is 1.30. The Labute approximate surface area is 160 Å². The van der Waals surface area contributed by atoms with E-state index in [1.165, 1.54) is 4.31 Å². The molecule has 1 saturated heterocycles. The van der Waals surface area contributed by atoms with E-state index in [-0.39, 0.29) is 30.2 Å². The molecule has 0 aliphatic carbocycles. The van der Waals surface area contributed by atoms with Crippen molar-refractivity contribution in [2.24, 2.45) is 5.92 Å². The van der Waals surface area contributed by atoms with E-state index in [4.69, 9.17) is 12.2 Å². The maximum Gasteiger partial charge on any atom is 0.242 e. The van der Waals surface area contributed by atoms with Gasteiger partial charge in [-0.1, -0.05) is 30.3 Å². The number of hydrazine groups is 1. The number of hydrogen-bond donors (Lipinski definition) is 3. The number of amides is 1. The normalized spacial score (nSPS) is 19.4. The summed E-state index contributed by atoms with van der Waals surface area (Å²) in [6, 6.07) is 9.82. The minimum absolute atomic E-state index is 0.00651. The van der Waals surface area contributed by atoms with Crippen molar-refractivity contribution in [3.8, 4) is 0 Å². The first-order chi connectivity index (χ1) is 12.3. The standard InChI is InChI=1S/C17H26N4O3S2/c1-3-26(23,24)21-11-7-10-15(12-21)16(22)19-20-17(25)18-13(2)14-8-5-4-6-9-14/h4-6,8-9,13,15H,3,7,10-12H2,1-2H3,(H,19,22)(H2,18,20,25)/t13-,15+/m1/s1. The van der Waals surface area contributed by atoms with Crippen LogP contribution in [0, 0.1) is 5.92 Å². The fraction of sp³-hybridized carbons (Fsp3) is 0.529. The van der Waals surface area contributed by atoms with Crippen LogP contribution >= 0.6 is 12.2 Å². The van der Waals surface area contributed by atoms with Crippen molar-refractivity contribution in [1.82, 2.24) is 20.5 Å². The second-order valence-corrected chi connectivity index (χ2v) is 8.98. The molecule has 1 fully saturated rings. The Morgan fingerprint density at radius 2 is 2.00 bits per heavy atom.